The molecule has 0 bridgehead atoms. The van der Waals surface area contributed by atoms with Crippen molar-refractivity contribution in [2.45, 2.75) is 20.0 Å². The van der Waals surface area contributed by atoms with Crippen LogP contribution >= 0.6 is 0 Å². The maximum Gasteiger partial charge on any atom is 0.416 e. The van der Waals surface area contributed by atoms with Gasteiger partial charge in [-0.2, -0.15) is 13.2 Å². The van der Waals surface area contributed by atoms with Gasteiger partial charge in [0, 0.05) is 31.9 Å². The van der Waals surface area contributed by atoms with E-state index in [1.807, 2.05) is 0 Å². The molecule has 6 nitrogen and oxygen atoms in total. The fourth-order valence-electron chi connectivity index (χ4n) is 3.22. The third-order valence-corrected chi connectivity index (χ3v) is 4.76. The first-order valence-electron chi connectivity index (χ1n) is 9.09. The number of rotatable bonds is 4. The molecule has 1 aromatic carbocycles. The molecule has 2 heterocycles. The number of benzene rings is 1. The minimum absolute atomic E-state index is 0.282. The Bertz CT molecular complexity index is 899. The summed E-state index contributed by atoms with van der Waals surface area (Å²) in [5.74, 6) is 0.0244. The summed E-state index contributed by atoms with van der Waals surface area (Å²) >= 11 is 0. The van der Waals surface area contributed by atoms with Gasteiger partial charge >= 0.3 is 12.1 Å². The number of esters is 1. The van der Waals surface area contributed by atoms with E-state index in [-0.39, 0.29) is 11.5 Å². The van der Waals surface area contributed by atoms with Crippen molar-refractivity contribution in [3.63, 3.8) is 0 Å². The Morgan fingerprint density at radius 2 is 1.79 bits per heavy atom. The fraction of sp³-hybridized carbons (Fsp3) is 0.400. The van der Waals surface area contributed by atoms with E-state index in [1.165, 1.54) is 11.0 Å². The Morgan fingerprint density at radius 3 is 2.38 bits per heavy atom. The number of halogens is 3. The first kappa shape index (κ1) is 20.8. The van der Waals surface area contributed by atoms with Gasteiger partial charge in [-0.1, -0.05) is 6.07 Å². The molecule has 1 aliphatic heterocycles. The maximum absolute atomic E-state index is 12.9. The van der Waals surface area contributed by atoms with Crippen molar-refractivity contribution in [3.05, 3.63) is 53.0 Å². The van der Waals surface area contributed by atoms with Crippen LogP contribution in [0.2, 0.25) is 0 Å². The lowest BCUT2D eigenvalue weighted by atomic mass is 10.1. The number of nitrogens with zero attached hydrogens (tertiary/aromatic N) is 2. The van der Waals surface area contributed by atoms with Crippen molar-refractivity contribution in [1.29, 1.82) is 0 Å². The Hall–Kier alpha value is -2.97. The minimum Gasteiger partial charge on any atom is -0.466 e. The van der Waals surface area contributed by atoms with Crippen molar-refractivity contribution in [2.24, 2.45) is 0 Å². The highest BCUT2D eigenvalue weighted by Gasteiger charge is 2.31. The van der Waals surface area contributed by atoms with E-state index in [0.29, 0.717) is 43.4 Å². The van der Waals surface area contributed by atoms with Crippen LogP contribution in [0.5, 0.6) is 0 Å². The average Bonchev–Trinajstić information content (AvgIpc) is 3.03. The second kappa shape index (κ2) is 8.18. The second-order valence-corrected chi connectivity index (χ2v) is 6.82. The van der Waals surface area contributed by atoms with Crippen LogP contribution in [-0.4, -0.2) is 49.6 Å². The van der Waals surface area contributed by atoms with Crippen LogP contribution in [0.3, 0.4) is 0 Å². The van der Waals surface area contributed by atoms with Gasteiger partial charge in [-0.3, -0.25) is 4.79 Å². The van der Waals surface area contributed by atoms with Crippen LogP contribution in [-0.2, 0) is 15.7 Å². The van der Waals surface area contributed by atoms with Gasteiger partial charge in [-0.05, 0) is 38.1 Å². The summed E-state index contributed by atoms with van der Waals surface area (Å²) < 4.78 is 49.0. The van der Waals surface area contributed by atoms with E-state index in [1.54, 1.807) is 30.9 Å². The highest BCUT2D eigenvalue weighted by atomic mass is 19.4. The number of carbonyl (C=O) groups excluding carboxylic acids is 2. The van der Waals surface area contributed by atoms with E-state index in [9.17, 15) is 22.8 Å². The van der Waals surface area contributed by atoms with E-state index in [2.05, 4.69) is 0 Å². The Morgan fingerprint density at radius 1 is 1.10 bits per heavy atom. The third-order valence-electron chi connectivity index (χ3n) is 4.76. The predicted octanol–water partition coefficient (Wildman–Crippen LogP) is 3.42. The van der Waals surface area contributed by atoms with Crippen molar-refractivity contribution in [3.8, 4) is 0 Å². The van der Waals surface area contributed by atoms with Gasteiger partial charge < -0.3 is 19.0 Å². The summed E-state index contributed by atoms with van der Waals surface area (Å²) in [6.45, 7) is 4.39. The summed E-state index contributed by atoms with van der Waals surface area (Å²) in [5.41, 5.74) is 0.0408. The smallest absolute Gasteiger partial charge is 0.416 e. The van der Waals surface area contributed by atoms with Gasteiger partial charge in [0.05, 0.1) is 5.56 Å². The predicted molar refractivity (Wildman–Crippen MR) is 98.7 cm³/mol. The first-order chi connectivity index (χ1) is 13.6. The molecule has 0 aliphatic carbocycles. The molecule has 9 heteroatoms. The molecular formula is C20H21F3N2O4. The average molecular weight is 410 g/mol. The van der Waals surface area contributed by atoms with Gasteiger partial charge in [0.1, 0.15) is 17.1 Å². The Labute approximate surface area is 165 Å². The van der Waals surface area contributed by atoms with Gasteiger partial charge in [-0.25, -0.2) is 4.79 Å². The molecule has 1 aliphatic rings. The van der Waals surface area contributed by atoms with E-state index in [4.69, 9.17) is 9.15 Å². The van der Waals surface area contributed by atoms with Crippen LogP contribution in [0, 0.1) is 13.8 Å². The fourth-order valence-corrected chi connectivity index (χ4v) is 3.22. The Balaban J connectivity index is 1.52. The molecule has 1 amide bonds. The summed E-state index contributed by atoms with van der Waals surface area (Å²) in [5, 5.41) is 0. The monoisotopic (exact) mass is 410 g/mol. The molecule has 3 rings (SSSR count). The van der Waals surface area contributed by atoms with Crippen LogP contribution in [0.4, 0.5) is 18.9 Å². The van der Waals surface area contributed by atoms with E-state index < -0.39 is 24.3 Å². The summed E-state index contributed by atoms with van der Waals surface area (Å²) in [6, 6.07) is 6.67. The molecule has 0 unspecified atom stereocenters. The lowest BCUT2D eigenvalue weighted by Gasteiger charge is -2.36. The Kier molecular flexibility index (Phi) is 5.86. The lowest BCUT2D eigenvalue weighted by molar-refractivity contribution is -0.137. The number of alkyl halides is 3. The number of aryl methyl sites for hydroxylation is 2. The van der Waals surface area contributed by atoms with Crippen molar-refractivity contribution in [2.75, 3.05) is 37.7 Å². The molecule has 0 radical (unpaired) electrons. The van der Waals surface area contributed by atoms with Crippen LogP contribution in [0.15, 0.2) is 34.7 Å². The van der Waals surface area contributed by atoms with Crippen molar-refractivity contribution in [1.82, 2.24) is 4.90 Å². The maximum atomic E-state index is 12.9. The van der Waals surface area contributed by atoms with Crippen molar-refractivity contribution < 1.29 is 31.9 Å². The summed E-state index contributed by atoms with van der Waals surface area (Å²) in [6.07, 6.45) is -4.40. The number of hydrogen-bond donors (Lipinski definition) is 0. The number of carbonyl (C=O) groups is 2. The molecule has 0 spiro atoms. The highest BCUT2D eigenvalue weighted by Crippen LogP contribution is 2.31. The number of ether oxygens (including phenoxy) is 1. The third kappa shape index (κ3) is 4.90. The standard InChI is InChI=1S/C20H21F3N2O4/c1-13-10-17(14(2)29-13)19(27)28-12-18(26)25-8-6-24(7-9-25)16-5-3-4-15(11-16)20(21,22)23/h3-5,10-11H,6-9,12H2,1-2H3. The zero-order valence-electron chi connectivity index (χ0n) is 16.1. The van der Waals surface area contributed by atoms with Gasteiger partial charge in [0.2, 0.25) is 0 Å². The molecular weight excluding hydrogens is 389 g/mol. The zero-order valence-corrected chi connectivity index (χ0v) is 16.1. The van der Waals surface area contributed by atoms with E-state index in [0.717, 1.165) is 12.1 Å². The molecule has 1 aromatic heterocycles. The molecule has 0 saturated carbocycles. The summed E-state index contributed by atoms with van der Waals surface area (Å²) in [4.78, 5) is 27.7. The molecule has 1 saturated heterocycles. The molecule has 1 fully saturated rings. The topological polar surface area (TPSA) is 63.0 Å². The molecule has 0 atom stereocenters. The van der Waals surface area contributed by atoms with Crippen LogP contribution < -0.4 is 4.90 Å². The summed E-state index contributed by atoms with van der Waals surface area (Å²) in [7, 11) is 0. The highest BCUT2D eigenvalue weighted by molar-refractivity contribution is 5.92. The second-order valence-electron chi connectivity index (χ2n) is 6.82. The number of anilines is 1. The van der Waals surface area contributed by atoms with E-state index >= 15 is 0 Å². The molecule has 29 heavy (non-hydrogen) atoms. The van der Waals surface area contributed by atoms with Crippen molar-refractivity contribution >= 4 is 17.6 Å². The first-order valence-corrected chi connectivity index (χ1v) is 9.09. The molecule has 2 aromatic rings. The zero-order chi connectivity index (χ0) is 21.2. The number of furan rings is 1. The minimum atomic E-state index is -4.40. The number of hydrogen-bond acceptors (Lipinski definition) is 5. The van der Waals surface area contributed by atoms with Gasteiger partial charge in [-0.15, -0.1) is 0 Å². The SMILES string of the molecule is Cc1cc(C(=O)OCC(=O)N2CCN(c3cccc(C(F)(F)F)c3)CC2)c(C)o1. The number of amides is 1. The lowest BCUT2D eigenvalue weighted by Crippen LogP contribution is -2.50. The number of piperazine rings is 1. The molecule has 156 valence electrons. The van der Waals surface area contributed by atoms with Crippen LogP contribution in [0.25, 0.3) is 0 Å². The normalized spacial score (nSPS) is 14.8. The quantitative estimate of drug-likeness (QED) is 0.723. The molecule has 0 N–H and O–H groups in total. The van der Waals surface area contributed by atoms with Gasteiger partial charge in [0.15, 0.2) is 6.61 Å². The van der Waals surface area contributed by atoms with Crippen LogP contribution in [0.1, 0.15) is 27.4 Å². The van der Waals surface area contributed by atoms with Gasteiger partial charge in [0.25, 0.3) is 5.91 Å². The largest absolute Gasteiger partial charge is 0.466 e.